The average molecular weight is 292 g/mol. The number of amides is 1. The molecule has 0 aliphatic heterocycles. The van der Waals surface area contributed by atoms with Gasteiger partial charge in [0.1, 0.15) is 0 Å². The van der Waals surface area contributed by atoms with E-state index in [1.807, 2.05) is 0 Å². The maximum Gasteiger partial charge on any atom is 0.308 e. The second-order valence-electron chi connectivity index (χ2n) is 4.39. The fraction of sp³-hybridized carbons (Fsp3) is 0.286. The Morgan fingerprint density at radius 2 is 2.14 bits per heavy atom. The number of nitro benzene ring substituents is 1. The van der Waals surface area contributed by atoms with Crippen molar-refractivity contribution in [3.63, 3.8) is 0 Å². The second kappa shape index (κ2) is 7.78. The van der Waals surface area contributed by atoms with E-state index in [4.69, 9.17) is 5.11 Å². The highest BCUT2D eigenvalue weighted by molar-refractivity contribution is 5.73. The topological polar surface area (TPSA) is 110 Å². The molecule has 1 aromatic rings. The molecule has 112 valence electrons. The van der Waals surface area contributed by atoms with E-state index in [1.54, 1.807) is 18.2 Å². The molecular weight excluding hydrogens is 276 g/mol. The molecule has 0 atom stereocenters. The number of nitrogens with zero attached hydrogens (tertiary/aromatic N) is 1. The van der Waals surface area contributed by atoms with E-state index < -0.39 is 10.9 Å². The Morgan fingerprint density at radius 1 is 1.43 bits per heavy atom. The van der Waals surface area contributed by atoms with Crippen LogP contribution in [0.15, 0.2) is 24.3 Å². The van der Waals surface area contributed by atoms with Gasteiger partial charge in [-0.15, -0.1) is 0 Å². The number of benzene rings is 1. The molecule has 1 rings (SSSR count). The quantitative estimate of drug-likeness (QED) is 0.452. The minimum Gasteiger partial charge on any atom is -0.481 e. The highest BCUT2D eigenvalue weighted by Crippen LogP contribution is 2.21. The Bertz CT molecular complexity index is 581. The molecule has 21 heavy (non-hydrogen) atoms. The first-order chi connectivity index (χ1) is 9.90. The molecule has 2 N–H and O–H groups in total. The van der Waals surface area contributed by atoms with Gasteiger partial charge in [0.25, 0.3) is 5.69 Å². The molecule has 1 amide bonds. The molecule has 0 heterocycles. The van der Waals surface area contributed by atoms with Gasteiger partial charge in [0.05, 0.1) is 11.3 Å². The van der Waals surface area contributed by atoms with Crippen LogP contribution in [0.1, 0.15) is 24.5 Å². The van der Waals surface area contributed by atoms with Crippen molar-refractivity contribution in [1.82, 2.24) is 5.32 Å². The summed E-state index contributed by atoms with van der Waals surface area (Å²) in [6.45, 7) is 1.92. The first-order valence-corrected chi connectivity index (χ1v) is 6.30. The third-order valence-corrected chi connectivity index (χ3v) is 2.64. The van der Waals surface area contributed by atoms with Crippen molar-refractivity contribution >= 4 is 23.6 Å². The average Bonchev–Trinajstić information content (AvgIpc) is 2.38. The van der Waals surface area contributed by atoms with E-state index in [9.17, 15) is 19.7 Å². The van der Waals surface area contributed by atoms with Gasteiger partial charge >= 0.3 is 5.97 Å². The summed E-state index contributed by atoms with van der Waals surface area (Å²) in [4.78, 5) is 31.7. The van der Waals surface area contributed by atoms with Crippen LogP contribution in [0.25, 0.3) is 6.08 Å². The van der Waals surface area contributed by atoms with Crippen LogP contribution in [-0.2, 0) is 16.0 Å². The van der Waals surface area contributed by atoms with E-state index in [-0.39, 0.29) is 23.6 Å². The van der Waals surface area contributed by atoms with Crippen molar-refractivity contribution in [1.29, 1.82) is 0 Å². The van der Waals surface area contributed by atoms with Crippen molar-refractivity contribution in [2.24, 2.45) is 0 Å². The van der Waals surface area contributed by atoms with E-state index >= 15 is 0 Å². The maximum absolute atomic E-state index is 10.9. The van der Waals surface area contributed by atoms with E-state index in [0.29, 0.717) is 18.5 Å². The molecule has 0 saturated heterocycles. The Hall–Kier alpha value is -2.70. The number of carbonyl (C=O) groups is 2. The van der Waals surface area contributed by atoms with Crippen molar-refractivity contribution < 1.29 is 19.6 Å². The number of hydrogen-bond donors (Lipinski definition) is 2. The maximum atomic E-state index is 10.9. The van der Waals surface area contributed by atoms with Crippen molar-refractivity contribution in [2.45, 2.75) is 19.8 Å². The van der Waals surface area contributed by atoms with Crippen LogP contribution in [-0.4, -0.2) is 28.5 Å². The Balaban J connectivity index is 2.78. The summed E-state index contributed by atoms with van der Waals surface area (Å²) in [5, 5.41) is 22.3. The number of carboxylic acid groups (broad SMARTS) is 1. The van der Waals surface area contributed by atoms with Crippen LogP contribution < -0.4 is 5.32 Å². The van der Waals surface area contributed by atoms with Gasteiger partial charge in [-0.2, -0.15) is 0 Å². The largest absolute Gasteiger partial charge is 0.481 e. The summed E-state index contributed by atoms with van der Waals surface area (Å²) >= 11 is 0. The van der Waals surface area contributed by atoms with Crippen LogP contribution >= 0.6 is 0 Å². The lowest BCUT2D eigenvalue weighted by molar-refractivity contribution is -0.385. The minimum atomic E-state index is -1.11. The molecule has 0 saturated carbocycles. The van der Waals surface area contributed by atoms with Crippen LogP contribution in [0, 0.1) is 10.1 Å². The van der Waals surface area contributed by atoms with Crippen LogP contribution in [0.5, 0.6) is 0 Å². The van der Waals surface area contributed by atoms with Gasteiger partial charge in [0.2, 0.25) is 5.91 Å². The highest BCUT2D eigenvalue weighted by atomic mass is 16.6. The Kier molecular flexibility index (Phi) is 6.06. The molecule has 0 fully saturated rings. The third kappa shape index (κ3) is 5.85. The number of carbonyl (C=O) groups excluding carboxylic acids is 1. The van der Waals surface area contributed by atoms with Crippen LogP contribution in [0.3, 0.4) is 0 Å². The molecule has 0 spiro atoms. The molecule has 0 aliphatic carbocycles. The van der Waals surface area contributed by atoms with Gasteiger partial charge in [-0.1, -0.05) is 24.3 Å². The zero-order chi connectivity index (χ0) is 15.8. The molecule has 7 heteroatoms. The van der Waals surface area contributed by atoms with Crippen LogP contribution in [0.2, 0.25) is 0 Å². The summed E-state index contributed by atoms with van der Waals surface area (Å²) in [6.07, 6.45) is 3.69. The predicted octanol–water partition coefficient (Wildman–Crippen LogP) is 1.76. The normalized spacial score (nSPS) is 10.5. The van der Waals surface area contributed by atoms with Crippen molar-refractivity contribution in [3.8, 4) is 0 Å². The number of nitro groups is 1. The summed E-state index contributed by atoms with van der Waals surface area (Å²) < 4.78 is 0. The van der Waals surface area contributed by atoms with Crippen molar-refractivity contribution in [3.05, 3.63) is 45.5 Å². The molecule has 0 bridgehead atoms. The zero-order valence-electron chi connectivity index (χ0n) is 11.5. The predicted molar refractivity (Wildman–Crippen MR) is 76.8 cm³/mol. The standard InChI is InChI=1S/C14H16N2O5/c1-10(17)15-7-3-2-4-11-5-6-12(9-14(18)19)13(8-11)16(20)21/h2,4-6,8H,3,7,9H2,1H3,(H,15,17)(H,18,19). The van der Waals surface area contributed by atoms with Gasteiger partial charge in [-0.3, -0.25) is 19.7 Å². The van der Waals surface area contributed by atoms with Crippen molar-refractivity contribution in [2.75, 3.05) is 6.54 Å². The van der Waals surface area contributed by atoms with E-state index in [0.717, 1.165) is 0 Å². The monoisotopic (exact) mass is 292 g/mol. The lowest BCUT2D eigenvalue weighted by atomic mass is 10.1. The molecule has 7 nitrogen and oxygen atoms in total. The highest BCUT2D eigenvalue weighted by Gasteiger charge is 2.16. The van der Waals surface area contributed by atoms with E-state index in [1.165, 1.54) is 19.1 Å². The number of nitrogens with one attached hydrogen (secondary N) is 1. The number of aliphatic carboxylic acids is 1. The van der Waals surface area contributed by atoms with Gasteiger partial charge in [-0.05, 0) is 12.0 Å². The first kappa shape index (κ1) is 16.4. The van der Waals surface area contributed by atoms with Gasteiger partial charge in [0, 0.05) is 25.1 Å². The SMILES string of the molecule is CC(=O)NCCC=Cc1ccc(CC(=O)O)c([N+](=O)[O-])c1. The number of rotatable bonds is 7. The van der Waals surface area contributed by atoms with Gasteiger partial charge in [-0.25, -0.2) is 0 Å². The molecule has 0 aromatic heterocycles. The Labute approximate surface area is 121 Å². The van der Waals surface area contributed by atoms with Crippen LogP contribution in [0.4, 0.5) is 5.69 Å². The lowest BCUT2D eigenvalue weighted by Gasteiger charge is -2.02. The minimum absolute atomic E-state index is 0.114. The fourth-order valence-corrected chi connectivity index (χ4v) is 1.72. The third-order valence-electron chi connectivity index (χ3n) is 2.64. The molecular formula is C14H16N2O5. The number of hydrogen-bond acceptors (Lipinski definition) is 4. The van der Waals surface area contributed by atoms with Gasteiger partial charge < -0.3 is 10.4 Å². The zero-order valence-corrected chi connectivity index (χ0v) is 11.5. The summed E-state index contributed by atoms with van der Waals surface area (Å²) in [6, 6.07) is 4.41. The summed E-state index contributed by atoms with van der Waals surface area (Å²) in [5.41, 5.74) is 0.572. The first-order valence-electron chi connectivity index (χ1n) is 6.30. The molecule has 0 unspecified atom stereocenters. The number of carboxylic acids is 1. The summed E-state index contributed by atoms with van der Waals surface area (Å²) in [5.74, 6) is -1.23. The molecule has 0 radical (unpaired) electrons. The Morgan fingerprint density at radius 3 is 2.71 bits per heavy atom. The van der Waals surface area contributed by atoms with E-state index in [2.05, 4.69) is 5.32 Å². The molecule has 0 aliphatic rings. The summed E-state index contributed by atoms with van der Waals surface area (Å²) in [7, 11) is 0. The fourth-order valence-electron chi connectivity index (χ4n) is 1.72. The van der Waals surface area contributed by atoms with Gasteiger partial charge in [0.15, 0.2) is 0 Å². The second-order valence-corrected chi connectivity index (χ2v) is 4.39. The smallest absolute Gasteiger partial charge is 0.308 e. The lowest BCUT2D eigenvalue weighted by Crippen LogP contribution is -2.20. The molecule has 1 aromatic carbocycles.